The second-order valence-electron chi connectivity index (χ2n) is 5.99. The van der Waals surface area contributed by atoms with Gasteiger partial charge in [-0.15, -0.1) is 0 Å². The van der Waals surface area contributed by atoms with Crippen LogP contribution in [-0.4, -0.2) is 35.0 Å². The van der Waals surface area contributed by atoms with Crippen molar-refractivity contribution < 1.29 is 14.6 Å². The number of ether oxygens (including phenoxy) is 2. The first kappa shape index (κ1) is 17.1. The Labute approximate surface area is 144 Å². The van der Waals surface area contributed by atoms with Crippen LogP contribution < -0.4 is 26.0 Å². The van der Waals surface area contributed by atoms with Crippen molar-refractivity contribution in [3.05, 3.63) is 49.7 Å². The molecular weight excluding hydrogens is 326 g/mol. The van der Waals surface area contributed by atoms with Crippen molar-refractivity contribution in [1.29, 1.82) is 0 Å². The molecule has 0 fully saturated rings. The van der Waals surface area contributed by atoms with Gasteiger partial charge in [0.2, 0.25) is 5.88 Å². The molecule has 0 unspecified atom stereocenters. The molecule has 2 N–H and O–H groups in total. The van der Waals surface area contributed by atoms with Crippen LogP contribution >= 0.6 is 0 Å². The van der Waals surface area contributed by atoms with Crippen LogP contribution in [0.5, 0.6) is 17.4 Å². The first-order chi connectivity index (χ1) is 11.9. The summed E-state index contributed by atoms with van der Waals surface area (Å²) in [5, 5.41) is 13.7. The lowest BCUT2D eigenvalue weighted by molar-refractivity contribution is 0.352. The molecule has 0 radical (unpaired) electrons. The van der Waals surface area contributed by atoms with Gasteiger partial charge in [0.25, 0.3) is 5.56 Å². The average molecular weight is 347 g/mol. The molecule has 1 aromatic heterocycles. The Morgan fingerprint density at radius 1 is 1.12 bits per heavy atom. The Morgan fingerprint density at radius 3 is 2.40 bits per heavy atom. The van der Waals surface area contributed by atoms with E-state index in [1.807, 2.05) is 6.07 Å². The zero-order valence-electron chi connectivity index (χ0n) is 14.6. The summed E-state index contributed by atoms with van der Waals surface area (Å²) in [6.07, 6.45) is 0.749. The maximum Gasteiger partial charge on any atom is 0.333 e. The average Bonchev–Trinajstić information content (AvgIpc) is 2.63. The van der Waals surface area contributed by atoms with Crippen molar-refractivity contribution in [2.45, 2.75) is 12.5 Å². The van der Waals surface area contributed by atoms with Crippen LogP contribution in [0.2, 0.25) is 0 Å². The molecule has 1 aliphatic heterocycles. The second kappa shape index (κ2) is 6.29. The first-order valence-electron chi connectivity index (χ1n) is 7.87. The molecule has 1 atom stereocenters. The summed E-state index contributed by atoms with van der Waals surface area (Å²) >= 11 is 0. The number of nitrogens with zero attached hydrogens (tertiary/aromatic N) is 2. The van der Waals surface area contributed by atoms with Crippen molar-refractivity contribution in [1.82, 2.24) is 14.5 Å². The van der Waals surface area contributed by atoms with Crippen molar-refractivity contribution >= 4 is 0 Å². The number of hydrogen-bond donors (Lipinski definition) is 2. The van der Waals surface area contributed by atoms with Gasteiger partial charge in [-0.05, 0) is 29.7 Å². The van der Waals surface area contributed by atoms with Crippen LogP contribution in [0.25, 0.3) is 0 Å². The molecule has 2 heterocycles. The zero-order valence-corrected chi connectivity index (χ0v) is 14.6. The minimum absolute atomic E-state index is 0.137. The fraction of sp³-hybridized carbons (Fsp3) is 0.412. The van der Waals surface area contributed by atoms with Crippen molar-refractivity contribution in [2.24, 2.45) is 14.1 Å². The van der Waals surface area contributed by atoms with Crippen LogP contribution in [-0.2, 0) is 20.5 Å². The minimum Gasteiger partial charge on any atom is -0.494 e. The lowest BCUT2D eigenvalue weighted by Crippen LogP contribution is -2.42. The van der Waals surface area contributed by atoms with Crippen molar-refractivity contribution in [3.8, 4) is 17.4 Å². The third-order valence-corrected chi connectivity index (χ3v) is 4.66. The van der Waals surface area contributed by atoms with Gasteiger partial charge in [-0.25, -0.2) is 4.79 Å². The number of aromatic hydroxyl groups is 1. The Bertz CT molecular complexity index is 945. The largest absolute Gasteiger partial charge is 0.494 e. The predicted octanol–water partition coefficient (Wildman–Crippen LogP) is 0.0419. The summed E-state index contributed by atoms with van der Waals surface area (Å²) in [4.78, 5) is 24.6. The van der Waals surface area contributed by atoms with E-state index in [0.717, 1.165) is 26.7 Å². The van der Waals surface area contributed by atoms with E-state index in [-0.39, 0.29) is 11.4 Å². The second-order valence-corrected chi connectivity index (χ2v) is 5.99. The monoisotopic (exact) mass is 347 g/mol. The highest BCUT2D eigenvalue weighted by Gasteiger charge is 2.30. The maximum atomic E-state index is 12.6. The molecule has 1 aliphatic rings. The van der Waals surface area contributed by atoms with Gasteiger partial charge in [0.1, 0.15) is 0 Å². The normalized spacial score (nSPS) is 16.4. The molecule has 1 aromatic carbocycles. The summed E-state index contributed by atoms with van der Waals surface area (Å²) < 4.78 is 12.8. The minimum atomic E-state index is -0.574. The van der Waals surface area contributed by atoms with Crippen LogP contribution in [0.15, 0.2) is 21.7 Å². The van der Waals surface area contributed by atoms with Crippen molar-refractivity contribution in [2.75, 3.05) is 20.8 Å². The van der Waals surface area contributed by atoms with Gasteiger partial charge in [-0.1, -0.05) is 0 Å². The predicted molar refractivity (Wildman–Crippen MR) is 91.7 cm³/mol. The molecule has 0 aliphatic carbocycles. The van der Waals surface area contributed by atoms with Gasteiger partial charge in [-0.2, -0.15) is 0 Å². The molecule has 8 nitrogen and oxygen atoms in total. The summed E-state index contributed by atoms with van der Waals surface area (Å²) in [6, 6.07) is 3.13. The number of aromatic nitrogens is 2. The highest BCUT2D eigenvalue weighted by Crippen LogP contribution is 2.38. The molecule has 0 amide bonds. The summed E-state index contributed by atoms with van der Waals surface area (Å²) in [7, 11) is 5.93. The lowest BCUT2D eigenvalue weighted by atomic mass is 9.90. The van der Waals surface area contributed by atoms with E-state index >= 15 is 0 Å². The molecule has 0 saturated carbocycles. The third kappa shape index (κ3) is 2.58. The fourth-order valence-electron chi connectivity index (χ4n) is 3.25. The highest BCUT2D eigenvalue weighted by atomic mass is 16.5. The standard InChI is InChI=1S/C17H21N3O5/c1-19-15(21)13(16(22)20(2)17(19)23)14-10-8-12(25-4)11(24-3)7-9(10)5-6-18-14/h7-8,14,18,21H,5-6H2,1-4H3/t14-/m1/s1. The van der Waals surface area contributed by atoms with Crippen LogP contribution in [0.1, 0.15) is 22.7 Å². The Balaban J connectivity index is 2.27. The van der Waals surface area contributed by atoms with E-state index in [1.165, 1.54) is 21.2 Å². The fourth-order valence-corrected chi connectivity index (χ4v) is 3.25. The number of nitrogens with one attached hydrogen (secondary N) is 1. The van der Waals surface area contributed by atoms with E-state index in [1.54, 1.807) is 13.2 Å². The van der Waals surface area contributed by atoms with E-state index < -0.39 is 17.3 Å². The third-order valence-electron chi connectivity index (χ3n) is 4.66. The summed E-state index contributed by atoms with van der Waals surface area (Å²) in [5.74, 6) is 0.809. The van der Waals surface area contributed by atoms with Gasteiger partial charge < -0.3 is 19.9 Å². The molecule has 0 bridgehead atoms. The quantitative estimate of drug-likeness (QED) is 0.814. The van der Waals surface area contributed by atoms with E-state index in [9.17, 15) is 14.7 Å². The number of hydrogen-bond acceptors (Lipinski definition) is 6. The maximum absolute atomic E-state index is 12.6. The highest BCUT2D eigenvalue weighted by molar-refractivity contribution is 5.52. The van der Waals surface area contributed by atoms with Gasteiger partial charge in [0, 0.05) is 20.6 Å². The molecule has 2 aromatic rings. The van der Waals surface area contributed by atoms with Gasteiger partial charge in [0.15, 0.2) is 11.5 Å². The summed E-state index contributed by atoms with van der Waals surface area (Å²) in [6.45, 7) is 0.624. The van der Waals surface area contributed by atoms with Crippen LogP contribution in [0, 0.1) is 0 Å². The number of rotatable bonds is 3. The van der Waals surface area contributed by atoms with Crippen molar-refractivity contribution in [3.63, 3.8) is 0 Å². The SMILES string of the molecule is COc1cc2c(cc1OC)[C@H](c1c(O)n(C)c(=O)n(C)c1=O)NCC2. The van der Waals surface area contributed by atoms with Crippen LogP contribution in [0.3, 0.4) is 0 Å². The molecule has 134 valence electrons. The smallest absolute Gasteiger partial charge is 0.333 e. The van der Waals surface area contributed by atoms with Gasteiger partial charge >= 0.3 is 5.69 Å². The molecule has 25 heavy (non-hydrogen) atoms. The molecule has 0 spiro atoms. The first-order valence-corrected chi connectivity index (χ1v) is 7.87. The number of fused-ring (bicyclic) bond motifs is 1. The van der Waals surface area contributed by atoms with Crippen LogP contribution in [0.4, 0.5) is 0 Å². The number of methoxy groups -OCH3 is 2. The molecule has 8 heteroatoms. The Morgan fingerprint density at radius 2 is 1.76 bits per heavy atom. The molecular formula is C17H21N3O5. The zero-order chi connectivity index (χ0) is 18.3. The van der Waals surface area contributed by atoms with E-state index in [0.29, 0.717) is 18.0 Å². The van der Waals surface area contributed by atoms with E-state index in [4.69, 9.17) is 9.47 Å². The van der Waals surface area contributed by atoms with Gasteiger partial charge in [-0.3, -0.25) is 13.9 Å². The van der Waals surface area contributed by atoms with E-state index in [2.05, 4.69) is 5.32 Å². The lowest BCUT2D eigenvalue weighted by Gasteiger charge is -2.28. The molecule has 3 rings (SSSR count). The van der Waals surface area contributed by atoms with Gasteiger partial charge in [0.05, 0.1) is 25.8 Å². The Kier molecular flexibility index (Phi) is 4.30. The Hall–Kier alpha value is -2.74. The topological polar surface area (TPSA) is 94.7 Å². The summed E-state index contributed by atoms with van der Waals surface area (Å²) in [5.41, 5.74) is 0.847. The number of benzene rings is 1. The molecule has 0 saturated heterocycles.